The summed E-state index contributed by atoms with van der Waals surface area (Å²) in [5.41, 5.74) is 2.14. The van der Waals surface area contributed by atoms with Gasteiger partial charge in [0.1, 0.15) is 0 Å². The summed E-state index contributed by atoms with van der Waals surface area (Å²) in [4.78, 5) is 13.9. The average Bonchev–Trinajstić information content (AvgIpc) is 2.88. The van der Waals surface area contributed by atoms with Gasteiger partial charge in [0.15, 0.2) is 0 Å². The van der Waals surface area contributed by atoms with E-state index in [1.165, 1.54) is 0 Å². The molecule has 1 amide bonds. The van der Waals surface area contributed by atoms with Gasteiger partial charge < -0.3 is 10.0 Å². The monoisotopic (exact) mass is 281 g/mol. The van der Waals surface area contributed by atoms with E-state index < -0.39 is 0 Å². The first-order chi connectivity index (χ1) is 9.11. The number of amides is 1. The molecule has 1 N–H and O–H groups in total. The Bertz CT molecular complexity index is 461. The van der Waals surface area contributed by atoms with Gasteiger partial charge in [-0.3, -0.25) is 4.79 Å². The standard InChI is InChI=1S/C15H20ClNO2/c1-11-4-5-12(9-14(11)16)6-7-15(19)17-8-2-3-13(17)10-18/h4-5,9,13,18H,2-3,6-8,10H2,1H3. The van der Waals surface area contributed by atoms with E-state index in [0.717, 1.165) is 35.5 Å². The summed E-state index contributed by atoms with van der Waals surface area (Å²) in [6.07, 6.45) is 3.09. The van der Waals surface area contributed by atoms with Crippen LogP contribution in [0.3, 0.4) is 0 Å². The summed E-state index contributed by atoms with van der Waals surface area (Å²) in [6.45, 7) is 2.81. The van der Waals surface area contributed by atoms with E-state index in [1.807, 2.05) is 30.0 Å². The lowest BCUT2D eigenvalue weighted by atomic mass is 10.1. The normalized spacial score (nSPS) is 18.9. The van der Waals surface area contributed by atoms with Crippen LogP contribution in [0.2, 0.25) is 5.02 Å². The van der Waals surface area contributed by atoms with Crippen molar-refractivity contribution in [3.8, 4) is 0 Å². The van der Waals surface area contributed by atoms with Crippen LogP contribution in [0.15, 0.2) is 18.2 Å². The minimum absolute atomic E-state index is 0.0223. The molecular weight excluding hydrogens is 262 g/mol. The second-order valence-corrected chi connectivity index (χ2v) is 5.56. The van der Waals surface area contributed by atoms with Gasteiger partial charge in [-0.25, -0.2) is 0 Å². The Hall–Kier alpha value is -1.06. The number of benzene rings is 1. The molecule has 0 spiro atoms. The third-order valence-electron chi connectivity index (χ3n) is 3.77. The lowest BCUT2D eigenvalue weighted by molar-refractivity contribution is -0.132. The molecule has 1 atom stereocenters. The number of carbonyl (C=O) groups excluding carboxylic acids is 1. The van der Waals surface area contributed by atoms with E-state index in [9.17, 15) is 9.90 Å². The molecule has 1 aliphatic rings. The molecule has 0 saturated carbocycles. The zero-order chi connectivity index (χ0) is 13.8. The van der Waals surface area contributed by atoms with Crippen molar-refractivity contribution in [3.05, 3.63) is 34.3 Å². The lowest BCUT2D eigenvalue weighted by Gasteiger charge is -2.23. The smallest absolute Gasteiger partial charge is 0.223 e. The van der Waals surface area contributed by atoms with Gasteiger partial charge in [0.25, 0.3) is 0 Å². The molecule has 2 rings (SSSR count). The molecule has 1 unspecified atom stereocenters. The molecule has 0 bridgehead atoms. The summed E-state index contributed by atoms with van der Waals surface area (Å²) < 4.78 is 0. The van der Waals surface area contributed by atoms with E-state index >= 15 is 0 Å². The van der Waals surface area contributed by atoms with Crippen LogP contribution < -0.4 is 0 Å². The number of aliphatic hydroxyl groups is 1. The zero-order valence-electron chi connectivity index (χ0n) is 11.2. The SMILES string of the molecule is Cc1ccc(CCC(=O)N2CCCC2CO)cc1Cl. The van der Waals surface area contributed by atoms with Crippen LogP contribution in [0.25, 0.3) is 0 Å². The maximum absolute atomic E-state index is 12.1. The summed E-state index contributed by atoms with van der Waals surface area (Å²) >= 11 is 6.07. The van der Waals surface area contributed by atoms with Gasteiger partial charge >= 0.3 is 0 Å². The number of hydrogen-bond acceptors (Lipinski definition) is 2. The number of rotatable bonds is 4. The molecule has 1 saturated heterocycles. The highest BCUT2D eigenvalue weighted by Gasteiger charge is 2.27. The Labute approximate surface area is 119 Å². The minimum Gasteiger partial charge on any atom is -0.394 e. The Morgan fingerprint density at radius 3 is 3.00 bits per heavy atom. The van der Waals surface area contributed by atoms with Gasteiger partial charge in [0.2, 0.25) is 5.91 Å². The first kappa shape index (κ1) is 14.4. The fourth-order valence-corrected chi connectivity index (χ4v) is 2.74. The van der Waals surface area contributed by atoms with E-state index in [2.05, 4.69) is 0 Å². The molecule has 0 aliphatic carbocycles. The molecule has 104 valence electrons. The topological polar surface area (TPSA) is 40.5 Å². The van der Waals surface area contributed by atoms with E-state index in [1.54, 1.807) is 0 Å². The molecule has 1 fully saturated rings. The third-order valence-corrected chi connectivity index (χ3v) is 4.18. The fourth-order valence-electron chi connectivity index (χ4n) is 2.54. The van der Waals surface area contributed by atoms with Crippen molar-refractivity contribution in [2.75, 3.05) is 13.2 Å². The van der Waals surface area contributed by atoms with Gasteiger partial charge in [-0.05, 0) is 43.4 Å². The molecule has 4 heteroatoms. The highest BCUT2D eigenvalue weighted by atomic mass is 35.5. The first-order valence-corrected chi connectivity index (χ1v) is 7.15. The Morgan fingerprint density at radius 1 is 1.53 bits per heavy atom. The molecule has 1 aromatic rings. The maximum atomic E-state index is 12.1. The molecule has 19 heavy (non-hydrogen) atoms. The summed E-state index contributed by atoms with van der Waals surface area (Å²) in [5, 5.41) is 9.98. The number of aryl methyl sites for hydroxylation is 2. The molecule has 0 aromatic heterocycles. The van der Waals surface area contributed by atoms with Crippen LogP contribution in [0.1, 0.15) is 30.4 Å². The number of carbonyl (C=O) groups is 1. The van der Waals surface area contributed by atoms with Crippen LogP contribution >= 0.6 is 11.6 Å². The van der Waals surface area contributed by atoms with Crippen LogP contribution in [0.4, 0.5) is 0 Å². The van der Waals surface area contributed by atoms with E-state index in [4.69, 9.17) is 11.6 Å². The van der Waals surface area contributed by atoms with Gasteiger partial charge in [-0.2, -0.15) is 0 Å². The maximum Gasteiger partial charge on any atom is 0.223 e. The minimum atomic E-state index is 0.0223. The van der Waals surface area contributed by atoms with Crippen LogP contribution in [0.5, 0.6) is 0 Å². The van der Waals surface area contributed by atoms with Crippen molar-refractivity contribution in [2.24, 2.45) is 0 Å². The summed E-state index contributed by atoms with van der Waals surface area (Å²) in [7, 11) is 0. The Kier molecular flexibility index (Phi) is 4.83. The van der Waals surface area contributed by atoms with Gasteiger partial charge in [0.05, 0.1) is 12.6 Å². The summed E-state index contributed by atoms with van der Waals surface area (Å²) in [5.74, 6) is 0.133. The van der Waals surface area contributed by atoms with Crippen molar-refractivity contribution < 1.29 is 9.90 Å². The van der Waals surface area contributed by atoms with Gasteiger partial charge in [-0.15, -0.1) is 0 Å². The quantitative estimate of drug-likeness (QED) is 0.921. The predicted molar refractivity (Wildman–Crippen MR) is 76.3 cm³/mol. The fraction of sp³-hybridized carbons (Fsp3) is 0.533. The molecule has 1 heterocycles. The number of hydrogen-bond donors (Lipinski definition) is 1. The third kappa shape index (κ3) is 3.48. The predicted octanol–water partition coefficient (Wildman–Crippen LogP) is 2.56. The zero-order valence-corrected chi connectivity index (χ0v) is 12.0. The van der Waals surface area contributed by atoms with Crippen molar-refractivity contribution in [3.63, 3.8) is 0 Å². The number of halogens is 1. The molecular formula is C15H20ClNO2. The highest BCUT2D eigenvalue weighted by Crippen LogP contribution is 2.20. The number of likely N-dealkylation sites (tertiary alicyclic amines) is 1. The Morgan fingerprint density at radius 2 is 2.32 bits per heavy atom. The highest BCUT2D eigenvalue weighted by molar-refractivity contribution is 6.31. The Balaban J connectivity index is 1.91. The second kappa shape index (κ2) is 6.40. The van der Waals surface area contributed by atoms with Crippen molar-refractivity contribution in [2.45, 2.75) is 38.6 Å². The van der Waals surface area contributed by atoms with Crippen molar-refractivity contribution in [1.82, 2.24) is 4.90 Å². The van der Waals surface area contributed by atoms with E-state index in [0.29, 0.717) is 12.8 Å². The molecule has 3 nitrogen and oxygen atoms in total. The molecule has 0 radical (unpaired) electrons. The molecule has 1 aliphatic heterocycles. The summed E-state index contributed by atoms with van der Waals surface area (Å²) in [6, 6.07) is 5.95. The first-order valence-electron chi connectivity index (χ1n) is 6.77. The average molecular weight is 282 g/mol. The van der Waals surface area contributed by atoms with Crippen LogP contribution in [-0.2, 0) is 11.2 Å². The lowest BCUT2D eigenvalue weighted by Crippen LogP contribution is -2.37. The number of aliphatic hydroxyl groups excluding tert-OH is 1. The van der Waals surface area contributed by atoms with Crippen LogP contribution in [0, 0.1) is 6.92 Å². The van der Waals surface area contributed by atoms with Crippen molar-refractivity contribution >= 4 is 17.5 Å². The number of nitrogens with zero attached hydrogens (tertiary/aromatic N) is 1. The van der Waals surface area contributed by atoms with Crippen molar-refractivity contribution in [1.29, 1.82) is 0 Å². The van der Waals surface area contributed by atoms with Gasteiger partial charge in [-0.1, -0.05) is 23.7 Å². The molecule has 1 aromatic carbocycles. The van der Waals surface area contributed by atoms with Gasteiger partial charge in [0, 0.05) is 18.0 Å². The second-order valence-electron chi connectivity index (χ2n) is 5.15. The van der Waals surface area contributed by atoms with E-state index in [-0.39, 0.29) is 18.6 Å². The van der Waals surface area contributed by atoms with Crippen LogP contribution in [-0.4, -0.2) is 35.1 Å². The largest absolute Gasteiger partial charge is 0.394 e.